The van der Waals surface area contributed by atoms with Gasteiger partial charge in [-0.15, -0.1) is 24.0 Å². The molecule has 0 saturated heterocycles. The van der Waals surface area contributed by atoms with E-state index < -0.39 is 0 Å². The molecule has 0 fully saturated rings. The summed E-state index contributed by atoms with van der Waals surface area (Å²) < 4.78 is 11.3. The van der Waals surface area contributed by atoms with Crippen molar-refractivity contribution in [2.75, 3.05) is 13.7 Å². The highest BCUT2D eigenvalue weighted by Gasteiger charge is 2.14. The molecule has 0 amide bonds. The number of guanidine groups is 1. The molecule has 1 heterocycles. The molecule has 0 radical (unpaired) electrons. The summed E-state index contributed by atoms with van der Waals surface area (Å²) in [6, 6.07) is 8.10. The fraction of sp³-hybridized carbons (Fsp3) is 0.524. The molecule has 28 heavy (non-hydrogen) atoms. The maximum atomic E-state index is 5.92. The summed E-state index contributed by atoms with van der Waals surface area (Å²) in [7, 11) is 1.77. The minimum atomic E-state index is 0. The number of aliphatic imine (C=N–C) groups is 1. The Morgan fingerprint density at radius 1 is 1.14 bits per heavy atom. The van der Waals surface area contributed by atoms with Crippen LogP contribution in [0.2, 0.25) is 0 Å². The van der Waals surface area contributed by atoms with Crippen molar-refractivity contribution in [3.63, 3.8) is 0 Å². The molecule has 2 rings (SSSR count). The van der Waals surface area contributed by atoms with E-state index in [2.05, 4.69) is 54.5 Å². The summed E-state index contributed by atoms with van der Waals surface area (Å²) in [6.07, 6.45) is 1.68. The van der Waals surface area contributed by atoms with Crippen LogP contribution in [0.1, 0.15) is 50.3 Å². The highest BCUT2D eigenvalue weighted by atomic mass is 127. The van der Waals surface area contributed by atoms with Gasteiger partial charge in [-0.1, -0.05) is 51.1 Å². The smallest absolute Gasteiger partial charge is 0.191 e. The number of nitrogens with one attached hydrogen (secondary N) is 2. The predicted molar refractivity (Wildman–Crippen MR) is 124 cm³/mol. The Balaban J connectivity index is 0.00000392. The number of ether oxygens (including phenoxy) is 1. The summed E-state index contributed by atoms with van der Waals surface area (Å²) in [5.74, 6) is 3.07. The van der Waals surface area contributed by atoms with Crippen LogP contribution in [0.25, 0.3) is 0 Å². The van der Waals surface area contributed by atoms with Crippen molar-refractivity contribution in [3.05, 3.63) is 46.8 Å². The number of aromatic nitrogens is 1. The van der Waals surface area contributed by atoms with Gasteiger partial charge in [0.2, 0.25) is 0 Å². The molecule has 0 aliphatic rings. The number of hydrogen-bond donors (Lipinski definition) is 2. The molecule has 0 saturated carbocycles. The lowest BCUT2D eigenvalue weighted by atomic mass is 10.1. The standard InChI is InChI=1S/C21H32N4O2.HI/c1-6-18-17(19(7-2)27-25-18)13-24-21(22-5)23-12-16-10-8-9-11-20(16)26-14-15(3)4;/h8-11,15H,6-7,12-14H2,1-5H3,(H2,22,23,24);1H. The largest absolute Gasteiger partial charge is 0.493 e. The van der Waals surface area contributed by atoms with E-state index in [1.807, 2.05) is 18.2 Å². The van der Waals surface area contributed by atoms with E-state index in [4.69, 9.17) is 9.26 Å². The van der Waals surface area contributed by atoms with Crippen LogP contribution in [-0.2, 0) is 25.9 Å². The van der Waals surface area contributed by atoms with E-state index in [0.717, 1.165) is 47.1 Å². The van der Waals surface area contributed by atoms with Crippen LogP contribution in [0.15, 0.2) is 33.8 Å². The first-order valence-corrected chi connectivity index (χ1v) is 9.70. The van der Waals surface area contributed by atoms with Crippen molar-refractivity contribution < 1.29 is 9.26 Å². The molecule has 1 aromatic carbocycles. The Morgan fingerprint density at radius 2 is 1.86 bits per heavy atom. The van der Waals surface area contributed by atoms with Gasteiger partial charge in [0, 0.05) is 37.7 Å². The van der Waals surface area contributed by atoms with E-state index in [1.54, 1.807) is 7.05 Å². The number of aryl methyl sites for hydroxylation is 2. The van der Waals surface area contributed by atoms with E-state index in [0.29, 0.717) is 25.6 Å². The fourth-order valence-electron chi connectivity index (χ4n) is 2.76. The van der Waals surface area contributed by atoms with Gasteiger partial charge in [-0.05, 0) is 18.4 Å². The van der Waals surface area contributed by atoms with Crippen LogP contribution in [0.4, 0.5) is 0 Å². The zero-order chi connectivity index (χ0) is 19.6. The molecule has 7 heteroatoms. The van der Waals surface area contributed by atoms with Crippen LogP contribution >= 0.6 is 24.0 Å². The zero-order valence-corrected chi connectivity index (χ0v) is 19.9. The third-order valence-electron chi connectivity index (χ3n) is 4.25. The first kappa shape index (κ1) is 24.3. The Bertz CT molecular complexity index is 722. The van der Waals surface area contributed by atoms with Crippen molar-refractivity contribution in [1.82, 2.24) is 15.8 Å². The van der Waals surface area contributed by atoms with Crippen LogP contribution in [0.3, 0.4) is 0 Å². The van der Waals surface area contributed by atoms with E-state index in [1.165, 1.54) is 0 Å². The summed E-state index contributed by atoms with van der Waals surface area (Å²) in [4.78, 5) is 4.32. The quantitative estimate of drug-likeness (QED) is 0.305. The normalized spacial score (nSPS) is 11.3. The molecule has 2 N–H and O–H groups in total. The third kappa shape index (κ3) is 7.00. The first-order valence-electron chi connectivity index (χ1n) is 9.70. The Morgan fingerprint density at radius 3 is 2.50 bits per heavy atom. The molecule has 0 bridgehead atoms. The minimum absolute atomic E-state index is 0. The number of hydrogen-bond acceptors (Lipinski definition) is 4. The maximum Gasteiger partial charge on any atom is 0.191 e. The van der Waals surface area contributed by atoms with Crippen LogP contribution in [0.5, 0.6) is 5.75 Å². The number of nitrogens with zero attached hydrogens (tertiary/aromatic N) is 2. The van der Waals surface area contributed by atoms with E-state index >= 15 is 0 Å². The van der Waals surface area contributed by atoms with Gasteiger partial charge in [-0.3, -0.25) is 4.99 Å². The number of rotatable bonds is 9. The second-order valence-corrected chi connectivity index (χ2v) is 6.83. The van der Waals surface area contributed by atoms with Gasteiger partial charge in [-0.2, -0.15) is 0 Å². The molecule has 0 unspecified atom stereocenters. The summed E-state index contributed by atoms with van der Waals surface area (Å²) in [5, 5.41) is 10.9. The van der Waals surface area contributed by atoms with Crippen molar-refractivity contribution in [2.45, 2.75) is 53.6 Å². The monoisotopic (exact) mass is 500 g/mol. The van der Waals surface area contributed by atoms with Crippen LogP contribution in [0, 0.1) is 5.92 Å². The Labute approximate surface area is 185 Å². The number of benzene rings is 1. The maximum absolute atomic E-state index is 5.92. The summed E-state index contributed by atoms with van der Waals surface area (Å²) in [5.41, 5.74) is 3.24. The lowest BCUT2D eigenvalue weighted by Crippen LogP contribution is -2.36. The molecule has 6 nitrogen and oxygen atoms in total. The topological polar surface area (TPSA) is 71.7 Å². The average molecular weight is 500 g/mol. The lowest BCUT2D eigenvalue weighted by Gasteiger charge is -2.16. The highest BCUT2D eigenvalue weighted by molar-refractivity contribution is 14.0. The second kappa shape index (κ2) is 12.6. The van der Waals surface area contributed by atoms with Gasteiger partial charge < -0.3 is 19.9 Å². The molecular formula is C21H33IN4O2. The van der Waals surface area contributed by atoms with Gasteiger partial charge in [0.25, 0.3) is 0 Å². The number of para-hydroxylation sites is 1. The molecule has 0 aliphatic heterocycles. The number of halogens is 1. The van der Waals surface area contributed by atoms with Gasteiger partial charge in [0.05, 0.1) is 12.3 Å². The third-order valence-corrected chi connectivity index (χ3v) is 4.25. The van der Waals surface area contributed by atoms with Gasteiger partial charge in [-0.25, -0.2) is 0 Å². The average Bonchev–Trinajstić information content (AvgIpc) is 3.09. The van der Waals surface area contributed by atoms with Crippen LogP contribution < -0.4 is 15.4 Å². The first-order chi connectivity index (χ1) is 13.1. The minimum Gasteiger partial charge on any atom is -0.493 e. The Kier molecular flexibility index (Phi) is 11.0. The van der Waals surface area contributed by atoms with E-state index in [-0.39, 0.29) is 24.0 Å². The molecule has 0 aliphatic carbocycles. The molecule has 1 aromatic heterocycles. The predicted octanol–water partition coefficient (Wildman–Crippen LogP) is 4.32. The van der Waals surface area contributed by atoms with Crippen molar-refractivity contribution in [1.29, 1.82) is 0 Å². The molecular weight excluding hydrogens is 467 g/mol. The van der Waals surface area contributed by atoms with Gasteiger partial charge >= 0.3 is 0 Å². The highest BCUT2D eigenvalue weighted by Crippen LogP contribution is 2.19. The SMILES string of the molecule is CCc1noc(CC)c1CNC(=NC)NCc1ccccc1OCC(C)C.I. The molecule has 2 aromatic rings. The second-order valence-electron chi connectivity index (χ2n) is 6.83. The van der Waals surface area contributed by atoms with Gasteiger partial charge in [0.15, 0.2) is 5.96 Å². The molecule has 0 spiro atoms. The van der Waals surface area contributed by atoms with Crippen molar-refractivity contribution >= 4 is 29.9 Å². The zero-order valence-electron chi connectivity index (χ0n) is 17.5. The van der Waals surface area contributed by atoms with Crippen LogP contribution in [-0.4, -0.2) is 24.8 Å². The van der Waals surface area contributed by atoms with Crippen molar-refractivity contribution in [3.8, 4) is 5.75 Å². The fourth-order valence-corrected chi connectivity index (χ4v) is 2.76. The molecule has 0 atom stereocenters. The Hall–Kier alpha value is -1.77. The summed E-state index contributed by atoms with van der Waals surface area (Å²) >= 11 is 0. The molecule has 156 valence electrons. The summed E-state index contributed by atoms with van der Waals surface area (Å²) in [6.45, 7) is 10.4. The van der Waals surface area contributed by atoms with Gasteiger partial charge in [0.1, 0.15) is 11.5 Å². The van der Waals surface area contributed by atoms with E-state index in [9.17, 15) is 0 Å². The van der Waals surface area contributed by atoms with Crippen molar-refractivity contribution in [2.24, 2.45) is 10.9 Å². The lowest BCUT2D eigenvalue weighted by molar-refractivity contribution is 0.268.